The van der Waals surface area contributed by atoms with Crippen LogP contribution in [0.5, 0.6) is 34.5 Å². The molecule has 12 nitrogen and oxygen atoms in total. The summed E-state index contributed by atoms with van der Waals surface area (Å²) < 4.78 is 268. The molecular formula is C108H150N6O6. The monoisotopic (exact) mass is 1660 g/mol. The lowest BCUT2D eigenvalue weighted by atomic mass is 9.52. The van der Waals surface area contributed by atoms with Crippen LogP contribution in [0.25, 0.3) is 0 Å². The number of rotatable bonds is 6. The molecule has 6 unspecified atom stereocenters. The van der Waals surface area contributed by atoms with E-state index in [0.29, 0.717) is 109 Å². The van der Waals surface area contributed by atoms with Crippen molar-refractivity contribution < 1.29 is 66.8 Å². The van der Waals surface area contributed by atoms with E-state index >= 15 is 0 Å². The second kappa shape index (κ2) is 34.0. The van der Waals surface area contributed by atoms with Gasteiger partial charge in [0.25, 0.3) is 0 Å². The van der Waals surface area contributed by atoms with Crippen molar-refractivity contribution in [2.45, 2.75) is 300 Å². The third-order valence-corrected chi connectivity index (χ3v) is 34.8. The molecule has 12 bridgehead atoms. The molecule has 12 heteroatoms. The SMILES string of the molecule is [2H]c1c([2H])c(OC)c([2H])c2c1C[C@H]1C3CCCC[C@@]23CCN1C.[2H]c1c([2H])c(OC)c([2H])c2c1C[C@H]1C3CCCC[C@@]23CCN1C.[2H]c1c([2H])c(OC)c([2H])c2c1C[C@H]1C3CCCC[C@@]23CCN1C([2H])([2H])[2H].[2H]c1c([2H])c(OC)c([2H])c2c1C[C@H]1C3CCCC[C@@]23CCN1C([2H])([2H])[2H].[2H]c1c([2H])c2c(c([2H])c1OC)[C@]13CCCCC1[C@@H](N(C)CC3)C2([2H])[2H].[2H]c1c([2H])c2c(c([2H])c1OC)[C@]13CCCCC1[C@@H](N(C)CC3)C2([2H])[2H]. The van der Waals surface area contributed by atoms with E-state index < -0.39 is 26.7 Å². The Labute approximate surface area is 762 Å². The molecule has 24 rings (SSSR count). The average Bonchev–Trinajstić information content (AvgIpc) is 0.681. The van der Waals surface area contributed by atoms with Gasteiger partial charge in [-0.15, -0.1) is 0 Å². The van der Waals surface area contributed by atoms with E-state index in [1.807, 2.05) is 14.1 Å². The highest BCUT2D eigenvalue weighted by atomic mass is 16.5. The van der Waals surface area contributed by atoms with Crippen molar-refractivity contribution in [2.75, 3.05) is 124 Å². The maximum atomic E-state index is 8.90. The average molecular weight is 1660 g/mol. The van der Waals surface area contributed by atoms with Gasteiger partial charge in [-0.2, -0.15) is 0 Å². The Kier molecular flexibility index (Phi) is 16.1. The maximum Gasteiger partial charge on any atom is 0.119 e. The third-order valence-electron chi connectivity index (χ3n) is 34.8. The van der Waals surface area contributed by atoms with Crippen LogP contribution in [0.3, 0.4) is 0 Å². The standard InChI is InChI=1S/6C18H25NO/c6*1-19-10-9-18-8-4-3-5-15(18)17(19)11-13-6-7-14(20-2)12-16(13)18/h6*6-7,12,15,17H,3-5,8-11H2,1-2H3/t6*15?,17-,18-/m000000/s1/i2*6D,7D,11D2,12D;2*1D3,6D,7D,12D;2*6D,7D,12D. The number of likely N-dealkylation sites (tertiary alicyclic amines) is 6. The molecular weight excluding hydrogens is 1480 g/mol. The van der Waals surface area contributed by atoms with Crippen LogP contribution < -0.4 is 28.4 Å². The van der Waals surface area contributed by atoms with Crippen molar-refractivity contribution in [2.24, 2.45) is 35.5 Å². The van der Waals surface area contributed by atoms with Crippen LogP contribution in [0.2, 0.25) is 0 Å². The van der Waals surface area contributed by atoms with Crippen molar-refractivity contribution in [3.8, 4) is 34.5 Å². The number of hydrogen-bond acceptors (Lipinski definition) is 12. The van der Waals surface area contributed by atoms with E-state index in [-0.39, 0.29) is 211 Å². The van der Waals surface area contributed by atoms with Gasteiger partial charge in [-0.25, -0.2) is 0 Å². The highest BCUT2D eigenvalue weighted by molar-refractivity contribution is 5.52. The maximum absolute atomic E-state index is 8.90. The zero-order valence-corrected chi connectivity index (χ0v) is 73.3. The van der Waals surface area contributed by atoms with Gasteiger partial charge in [-0.05, 0) is 410 Å². The van der Waals surface area contributed by atoms with E-state index in [1.165, 1.54) is 81.2 Å². The minimum atomic E-state index is -2.14. The molecule has 6 aromatic carbocycles. The number of benzene rings is 6. The molecule has 6 aromatic rings. The number of piperidine rings is 6. The topological polar surface area (TPSA) is 74.8 Å². The van der Waals surface area contributed by atoms with Crippen LogP contribution in [0.15, 0.2) is 109 Å². The number of fused-ring (bicyclic) bond motifs is 6. The number of likely N-dealkylation sites (N-methyl/N-ethyl adjacent to an activating group) is 6. The molecule has 6 heterocycles. The smallest absolute Gasteiger partial charge is 0.119 e. The molecule has 0 N–H and O–H groups in total. The number of hydrogen-bond donors (Lipinski definition) is 0. The lowest BCUT2D eigenvalue weighted by Gasteiger charge is -2.58. The summed E-state index contributed by atoms with van der Waals surface area (Å²) in [6.45, 7) is 0.442. The van der Waals surface area contributed by atoms with Gasteiger partial charge in [0.15, 0.2) is 0 Å². The van der Waals surface area contributed by atoms with Gasteiger partial charge < -0.3 is 57.8 Å². The summed E-state index contributed by atoms with van der Waals surface area (Å²) in [7, 11) is 17.2. The lowest BCUT2D eigenvalue weighted by molar-refractivity contribution is 0.00272. The highest BCUT2D eigenvalue weighted by Gasteiger charge is 2.60. The fourth-order valence-corrected chi connectivity index (χ4v) is 29.0. The summed E-state index contributed by atoms with van der Waals surface area (Å²) in [5, 5.41) is 0. The Balaban J connectivity index is 0.000000112. The minimum Gasteiger partial charge on any atom is -0.497 e. The van der Waals surface area contributed by atoms with Gasteiger partial charge in [0.05, 0.1) is 67.3 Å². The molecule has 120 heavy (non-hydrogen) atoms. The summed E-state index contributed by atoms with van der Waals surface area (Å²) >= 11 is 0. The van der Waals surface area contributed by atoms with Crippen LogP contribution in [0.4, 0.5) is 0 Å². The second-order valence-electron chi connectivity index (χ2n) is 39.5. The molecule has 648 valence electrons. The Hall–Kier alpha value is -6.12. The molecule has 0 amide bonds. The van der Waals surface area contributed by atoms with Gasteiger partial charge in [0.1, 0.15) is 34.5 Å². The van der Waals surface area contributed by atoms with E-state index in [0.717, 1.165) is 214 Å². The molecule has 12 fully saturated rings. The molecule has 0 radical (unpaired) electrons. The second-order valence-corrected chi connectivity index (χ2v) is 39.5. The van der Waals surface area contributed by atoms with Crippen molar-refractivity contribution in [3.63, 3.8) is 0 Å². The first-order valence-electron chi connectivity index (χ1n) is 60.4. The van der Waals surface area contributed by atoms with E-state index in [9.17, 15) is 0 Å². The predicted molar refractivity (Wildman–Crippen MR) is 488 cm³/mol. The summed E-state index contributed by atoms with van der Waals surface area (Å²) in [5.74, 6) is 3.10. The van der Waals surface area contributed by atoms with E-state index in [2.05, 4.69) is 33.7 Å². The van der Waals surface area contributed by atoms with Crippen molar-refractivity contribution in [3.05, 3.63) is 176 Å². The number of ether oxygens (including phenoxy) is 6. The summed E-state index contributed by atoms with van der Waals surface area (Å²) in [6, 6.07) is 1.94. The first-order valence-corrected chi connectivity index (χ1v) is 46.4. The van der Waals surface area contributed by atoms with Gasteiger partial charge in [0, 0.05) is 82.4 Å². The van der Waals surface area contributed by atoms with Crippen LogP contribution in [-0.4, -0.2) is 190 Å². The van der Waals surface area contributed by atoms with Crippen LogP contribution >= 0.6 is 0 Å². The largest absolute Gasteiger partial charge is 0.497 e. The first kappa shape index (κ1) is 56.8. The summed E-state index contributed by atoms with van der Waals surface area (Å²) in [6.07, 6.45) is 30.3. The normalized spacial score (nSPS) is 40.5. The summed E-state index contributed by atoms with van der Waals surface area (Å²) in [5.41, 5.74) is 8.18. The lowest BCUT2D eigenvalue weighted by Crippen LogP contribution is -2.59. The Morgan fingerprint density at radius 1 is 0.258 bits per heavy atom. The van der Waals surface area contributed by atoms with Crippen LogP contribution in [0, 0.1) is 35.5 Å². The molecule has 6 saturated carbocycles. The van der Waals surface area contributed by atoms with Crippen molar-refractivity contribution in [1.82, 2.24) is 29.4 Å². The van der Waals surface area contributed by atoms with Gasteiger partial charge in [-0.3, -0.25) is 0 Å². The number of methoxy groups -OCH3 is 6. The molecule has 6 aliphatic heterocycles. The molecule has 12 aliphatic carbocycles. The zero-order chi connectivity index (χ0) is 107. The zero-order valence-electron chi connectivity index (χ0n) is 101. The fourth-order valence-electron chi connectivity index (χ4n) is 29.0. The minimum absolute atomic E-state index is 0.0386. The Morgan fingerprint density at radius 3 is 0.675 bits per heavy atom. The molecule has 18 atom stereocenters. The first-order chi connectivity index (χ1) is 70.0. The predicted octanol–water partition coefficient (Wildman–Crippen LogP) is 20.3. The van der Waals surface area contributed by atoms with Gasteiger partial charge in [-0.1, -0.05) is 113 Å². The van der Waals surface area contributed by atoms with E-state index in [1.54, 1.807) is 9.80 Å². The summed E-state index contributed by atoms with van der Waals surface area (Å²) in [4.78, 5) is 12.4. The van der Waals surface area contributed by atoms with Crippen molar-refractivity contribution >= 4 is 0 Å². The van der Waals surface area contributed by atoms with Crippen molar-refractivity contribution in [1.29, 1.82) is 0 Å². The molecule has 0 spiro atoms. The van der Waals surface area contributed by atoms with Gasteiger partial charge >= 0.3 is 0 Å². The van der Waals surface area contributed by atoms with E-state index in [4.69, 9.17) is 66.8 Å². The fraction of sp³-hybridized carbons (Fsp3) is 0.667. The molecule has 6 saturated heterocycles. The molecule has 18 aliphatic rings. The third kappa shape index (κ3) is 14.1. The Bertz CT molecular complexity index is 5810. The Morgan fingerprint density at radius 2 is 0.450 bits per heavy atom. The van der Waals surface area contributed by atoms with Crippen LogP contribution in [-0.2, 0) is 70.9 Å². The van der Waals surface area contributed by atoms with Crippen LogP contribution in [0.1, 0.15) is 298 Å². The quantitative estimate of drug-likeness (QED) is 0.159. The highest BCUT2D eigenvalue weighted by Crippen LogP contribution is 2.63. The van der Waals surface area contributed by atoms with Gasteiger partial charge in [0.2, 0.25) is 0 Å². The molecule has 0 aromatic heterocycles. The number of nitrogens with zero attached hydrogens (tertiary/aromatic N) is 6.